The predicted molar refractivity (Wildman–Crippen MR) is 78.9 cm³/mol. The van der Waals surface area contributed by atoms with Crippen molar-refractivity contribution in [3.63, 3.8) is 0 Å². The van der Waals surface area contributed by atoms with E-state index in [-0.39, 0.29) is 0 Å². The lowest BCUT2D eigenvalue weighted by atomic mass is 10.2. The summed E-state index contributed by atoms with van der Waals surface area (Å²) >= 11 is 1.92. The van der Waals surface area contributed by atoms with E-state index in [0.717, 1.165) is 18.4 Å². The van der Waals surface area contributed by atoms with Crippen molar-refractivity contribution < 1.29 is 0 Å². The molecular formula is C13H27N3S. The summed E-state index contributed by atoms with van der Waals surface area (Å²) in [4.78, 5) is 4.27. The second-order valence-corrected chi connectivity index (χ2v) is 5.72. The predicted octanol–water partition coefficient (Wildman–Crippen LogP) is 2.48. The van der Waals surface area contributed by atoms with Gasteiger partial charge in [0.2, 0.25) is 0 Å². The molecule has 0 aliphatic heterocycles. The second kappa shape index (κ2) is 8.67. The van der Waals surface area contributed by atoms with Gasteiger partial charge in [-0.25, -0.2) is 0 Å². The van der Waals surface area contributed by atoms with Crippen molar-refractivity contribution in [1.29, 1.82) is 0 Å². The van der Waals surface area contributed by atoms with Gasteiger partial charge in [0.15, 0.2) is 5.96 Å². The smallest absolute Gasteiger partial charge is 0.191 e. The molecule has 3 nitrogen and oxygen atoms in total. The molecule has 1 fully saturated rings. The van der Waals surface area contributed by atoms with Crippen molar-refractivity contribution in [1.82, 2.24) is 10.6 Å². The number of aliphatic imine (C=N–C) groups is 1. The summed E-state index contributed by atoms with van der Waals surface area (Å²) < 4.78 is 0. The molecule has 0 bridgehead atoms. The molecule has 0 radical (unpaired) electrons. The third kappa shape index (κ3) is 6.20. The van der Waals surface area contributed by atoms with Gasteiger partial charge >= 0.3 is 0 Å². The molecule has 0 saturated heterocycles. The van der Waals surface area contributed by atoms with Gasteiger partial charge in [0.25, 0.3) is 0 Å². The van der Waals surface area contributed by atoms with Crippen LogP contribution in [-0.2, 0) is 0 Å². The van der Waals surface area contributed by atoms with Gasteiger partial charge in [-0.2, -0.15) is 11.8 Å². The summed E-state index contributed by atoms with van der Waals surface area (Å²) in [6, 6.07) is 0.673. The average Bonchev–Trinajstić information content (AvgIpc) is 3.06. The van der Waals surface area contributed by atoms with Crippen LogP contribution in [0.4, 0.5) is 0 Å². The highest BCUT2D eigenvalue weighted by Crippen LogP contribution is 2.34. The summed E-state index contributed by atoms with van der Waals surface area (Å²) in [5.41, 5.74) is 0. The molecule has 1 aliphatic rings. The van der Waals surface area contributed by atoms with Crippen LogP contribution >= 0.6 is 11.8 Å². The van der Waals surface area contributed by atoms with E-state index in [4.69, 9.17) is 0 Å². The van der Waals surface area contributed by atoms with E-state index in [1.807, 2.05) is 18.8 Å². The SMILES string of the molecule is CCCC1CC1NC(=NC)NCCCCSC. The Morgan fingerprint density at radius 1 is 1.41 bits per heavy atom. The summed E-state index contributed by atoms with van der Waals surface area (Å²) in [6.45, 7) is 3.29. The van der Waals surface area contributed by atoms with E-state index in [0.29, 0.717) is 6.04 Å². The lowest BCUT2D eigenvalue weighted by molar-refractivity contribution is 0.652. The summed E-state index contributed by atoms with van der Waals surface area (Å²) in [6.07, 6.45) is 8.64. The molecule has 100 valence electrons. The number of hydrogen-bond acceptors (Lipinski definition) is 2. The molecule has 1 rings (SSSR count). The van der Waals surface area contributed by atoms with Crippen molar-refractivity contribution in [3.8, 4) is 0 Å². The van der Waals surface area contributed by atoms with Crippen LogP contribution in [0.2, 0.25) is 0 Å². The Hall–Kier alpha value is -0.380. The molecule has 0 aromatic rings. The molecule has 1 aliphatic carbocycles. The van der Waals surface area contributed by atoms with E-state index >= 15 is 0 Å². The zero-order chi connectivity index (χ0) is 12.5. The van der Waals surface area contributed by atoms with Crippen LogP contribution in [0.25, 0.3) is 0 Å². The highest BCUT2D eigenvalue weighted by Gasteiger charge is 2.36. The summed E-state index contributed by atoms with van der Waals surface area (Å²) in [7, 11) is 1.86. The maximum atomic E-state index is 4.27. The van der Waals surface area contributed by atoms with Gasteiger partial charge in [-0.15, -0.1) is 0 Å². The van der Waals surface area contributed by atoms with Crippen molar-refractivity contribution in [2.45, 2.75) is 45.1 Å². The van der Waals surface area contributed by atoms with E-state index in [2.05, 4.69) is 28.8 Å². The zero-order valence-electron chi connectivity index (χ0n) is 11.5. The molecule has 17 heavy (non-hydrogen) atoms. The fourth-order valence-corrected chi connectivity index (χ4v) is 2.56. The Bertz CT molecular complexity index is 231. The lowest BCUT2D eigenvalue weighted by Crippen LogP contribution is -2.39. The fraction of sp³-hybridized carbons (Fsp3) is 0.923. The average molecular weight is 257 g/mol. The number of guanidine groups is 1. The number of nitrogens with zero attached hydrogens (tertiary/aromatic N) is 1. The minimum absolute atomic E-state index is 0.673. The Kier molecular flexibility index (Phi) is 7.49. The first-order valence-corrected chi connectivity index (χ1v) is 8.17. The lowest BCUT2D eigenvalue weighted by Gasteiger charge is -2.11. The highest BCUT2D eigenvalue weighted by molar-refractivity contribution is 7.98. The molecule has 2 atom stereocenters. The summed E-state index contributed by atoms with van der Waals surface area (Å²) in [5, 5.41) is 6.89. The molecule has 0 spiro atoms. The van der Waals surface area contributed by atoms with Crippen LogP contribution in [-0.4, -0.2) is 37.6 Å². The van der Waals surface area contributed by atoms with Gasteiger partial charge in [0.1, 0.15) is 0 Å². The van der Waals surface area contributed by atoms with Crippen LogP contribution in [0.5, 0.6) is 0 Å². The number of rotatable bonds is 8. The third-order valence-electron chi connectivity index (χ3n) is 3.20. The van der Waals surface area contributed by atoms with Crippen LogP contribution in [0.1, 0.15) is 39.0 Å². The first-order chi connectivity index (χ1) is 8.31. The molecule has 0 aromatic carbocycles. The van der Waals surface area contributed by atoms with Crippen molar-refractivity contribution in [3.05, 3.63) is 0 Å². The molecular weight excluding hydrogens is 230 g/mol. The first-order valence-electron chi connectivity index (χ1n) is 6.78. The molecule has 1 saturated carbocycles. The standard InChI is InChI=1S/C13H27N3S/c1-4-7-11-10-12(11)16-13(14-2)15-8-5-6-9-17-3/h11-12H,4-10H2,1-3H3,(H2,14,15,16). The number of hydrogen-bond donors (Lipinski definition) is 2. The van der Waals surface area contributed by atoms with Gasteiger partial charge in [-0.3, -0.25) is 4.99 Å². The van der Waals surface area contributed by atoms with Crippen LogP contribution in [0, 0.1) is 5.92 Å². The van der Waals surface area contributed by atoms with Gasteiger partial charge < -0.3 is 10.6 Å². The highest BCUT2D eigenvalue weighted by atomic mass is 32.2. The van der Waals surface area contributed by atoms with E-state index in [1.165, 1.54) is 37.9 Å². The Balaban J connectivity index is 2.05. The topological polar surface area (TPSA) is 36.4 Å². The molecule has 2 unspecified atom stereocenters. The second-order valence-electron chi connectivity index (χ2n) is 4.73. The summed E-state index contributed by atoms with van der Waals surface area (Å²) in [5.74, 6) is 3.13. The molecule has 4 heteroatoms. The van der Waals surface area contributed by atoms with Crippen LogP contribution in [0.15, 0.2) is 4.99 Å². The maximum Gasteiger partial charge on any atom is 0.191 e. The van der Waals surface area contributed by atoms with Gasteiger partial charge in [0.05, 0.1) is 0 Å². The Morgan fingerprint density at radius 3 is 2.88 bits per heavy atom. The Labute approximate surface area is 110 Å². The van der Waals surface area contributed by atoms with Crippen molar-refractivity contribution in [2.24, 2.45) is 10.9 Å². The first kappa shape index (κ1) is 14.7. The number of unbranched alkanes of at least 4 members (excludes halogenated alkanes) is 1. The van der Waals surface area contributed by atoms with Crippen LogP contribution < -0.4 is 10.6 Å². The number of thioether (sulfide) groups is 1. The quantitative estimate of drug-likeness (QED) is 0.398. The van der Waals surface area contributed by atoms with Gasteiger partial charge in [0, 0.05) is 19.6 Å². The van der Waals surface area contributed by atoms with Gasteiger partial charge in [-0.1, -0.05) is 13.3 Å². The van der Waals surface area contributed by atoms with Crippen molar-refractivity contribution >= 4 is 17.7 Å². The minimum Gasteiger partial charge on any atom is -0.356 e. The monoisotopic (exact) mass is 257 g/mol. The van der Waals surface area contributed by atoms with E-state index in [1.54, 1.807) is 0 Å². The molecule has 0 amide bonds. The fourth-order valence-electron chi connectivity index (χ4n) is 2.06. The van der Waals surface area contributed by atoms with Crippen molar-refractivity contribution in [2.75, 3.05) is 25.6 Å². The zero-order valence-corrected chi connectivity index (χ0v) is 12.3. The maximum absolute atomic E-state index is 4.27. The molecule has 0 heterocycles. The molecule has 2 N–H and O–H groups in total. The van der Waals surface area contributed by atoms with Gasteiger partial charge in [-0.05, 0) is 43.6 Å². The Morgan fingerprint density at radius 2 is 2.24 bits per heavy atom. The third-order valence-corrected chi connectivity index (χ3v) is 3.89. The molecule has 0 aromatic heterocycles. The van der Waals surface area contributed by atoms with E-state index < -0.39 is 0 Å². The minimum atomic E-state index is 0.673. The number of nitrogens with one attached hydrogen (secondary N) is 2. The largest absolute Gasteiger partial charge is 0.356 e. The normalized spacial score (nSPS) is 23.6. The van der Waals surface area contributed by atoms with E-state index in [9.17, 15) is 0 Å². The van der Waals surface area contributed by atoms with Crippen LogP contribution in [0.3, 0.4) is 0 Å².